The van der Waals surface area contributed by atoms with E-state index in [9.17, 15) is 14.9 Å². The quantitative estimate of drug-likeness (QED) is 0.519. The molecule has 0 spiro atoms. The molecule has 28 heavy (non-hydrogen) atoms. The number of nitrogens with one attached hydrogen (secondary N) is 1. The molecule has 0 saturated heterocycles. The average Bonchev–Trinajstić information content (AvgIpc) is 2.67. The molecule has 2 rings (SSSR count). The van der Waals surface area contributed by atoms with Gasteiger partial charge in [-0.2, -0.15) is 0 Å². The van der Waals surface area contributed by atoms with Crippen LogP contribution >= 0.6 is 0 Å². The summed E-state index contributed by atoms with van der Waals surface area (Å²) >= 11 is 0. The number of carbonyl (C=O) groups excluding carboxylic acids is 1. The van der Waals surface area contributed by atoms with Gasteiger partial charge in [-0.25, -0.2) is 0 Å². The van der Waals surface area contributed by atoms with Gasteiger partial charge in [-0.15, -0.1) is 0 Å². The van der Waals surface area contributed by atoms with Gasteiger partial charge in [0.05, 0.1) is 18.1 Å². The molecule has 0 atom stereocenters. The zero-order chi connectivity index (χ0) is 20.7. The predicted octanol–water partition coefficient (Wildman–Crippen LogP) is 3.86. The lowest BCUT2D eigenvalue weighted by molar-refractivity contribution is -0.385. The number of hydrogen-bond acceptors (Lipinski definition) is 6. The Morgan fingerprint density at radius 1 is 1.18 bits per heavy atom. The van der Waals surface area contributed by atoms with E-state index in [2.05, 4.69) is 31.0 Å². The van der Waals surface area contributed by atoms with Crippen LogP contribution in [0.15, 0.2) is 42.5 Å². The van der Waals surface area contributed by atoms with Gasteiger partial charge in [-0.05, 0) is 51.1 Å². The van der Waals surface area contributed by atoms with E-state index in [-0.39, 0.29) is 24.0 Å². The Balaban J connectivity index is 1.99. The zero-order valence-electron chi connectivity index (χ0n) is 16.5. The fourth-order valence-corrected chi connectivity index (χ4v) is 2.81. The third-order valence-electron chi connectivity index (χ3n) is 4.16. The first kappa shape index (κ1) is 21.0. The second-order valence-electron chi connectivity index (χ2n) is 6.36. The Labute approximate surface area is 164 Å². The topological polar surface area (TPSA) is 93.9 Å². The monoisotopic (exact) mass is 387 g/mol. The summed E-state index contributed by atoms with van der Waals surface area (Å²) in [4.78, 5) is 24.8. The van der Waals surface area contributed by atoms with E-state index in [0.29, 0.717) is 17.5 Å². The third-order valence-corrected chi connectivity index (χ3v) is 4.16. The minimum atomic E-state index is -0.537. The van der Waals surface area contributed by atoms with Crippen LogP contribution in [-0.4, -0.2) is 37.1 Å². The van der Waals surface area contributed by atoms with Gasteiger partial charge in [-0.3, -0.25) is 14.9 Å². The van der Waals surface area contributed by atoms with Crippen molar-refractivity contribution in [1.82, 2.24) is 0 Å². The maximum absolute atomic E-state index is 12.2. The van der Waals surface area contributed by atoms with E-state index < -0.39 is 4.92 Å². The fraction of sp³-hybridized carbons (Fsp3) is 0.350. The molecule has 0 unspecified atom stereocenters. The van der Waals surface area contributed by atoms with Crippen molar-refractivity contribution in [2.75, 3.05) is 30.5 Å². The van der Waals surface area contributed by atoms with Gasteiger partial charge >= 0.3 is 0 Å². The summed E-state index contributed by atoms with van der Waals surface area (Å²) in [5.41, 5.74) is 1.58. The highest BCUT2D eigenvalue weighted by Crippen LogP contribution is 2.31. The molecule has 0 saturated carbocycles. The molecule has 0 heterocycles. The molecule has 0 aromatic heterocycles. The first-order valence-corrected chi connectivity index (χ1v) is 8.97. The Morgan fingerprint density at radius 2 is 1.86 bits per heavy atom. The molecule has 8 heteroatoms. The normalized spacial score (nSPS) is 10.5. The molecule has 1 N–H and O–H groups in total. The van der Waals surface area contributed by atoms with Crippen LogP contribution < -0.4 is 19.7 Å². The van der Waals surface area contributed by atoms with Crippen LogP contribution in [0.3, 0.4) is 0 Å². The van der Waals surface area contributed by atoms with E-state index >= 15 is 0 Å². The van der Waals surface area contributed by atoms with E-state index in [1.165, 1.54) is 25.3 Å². The molecule has 0 aliphatic carbocycles. The van der Waals surface area contributed by atoms with Crippen molar-refractivity contribution < 1.29 is 19.2 Å². The lowest BCUT2D eigenvalue weighted by Crippen LogP contribution is -2.30. The Morgan fingerprint density at radius 3 is 2.39 bits per heavy atom. The maximum Gasteiger partial charge on any atom is 0.273 e. The fourth-order valence-electron chi connectivity index (χ4n) is 2.81. The highest BCUT2D eigenvalue weighted by atomic mass is 16.6. The van der Waals surface area contributed by atoms with Crippen molar-refractivity contribution in [3.63, 3.8) is 0 Å². The van der Waals surface area contributed by atoms with Crippen LogP contribution in [0.2, 0.25) is 0 Å². The van der Waals surface area contributed by atoms with Crippen molar-refractivity contribution in [3.05, 3.63) is 52.6 Å². The molecule has 8 nitrogen and oxygen atoms in total. The van der Waals surface area contributed by atoms with Gasteiger partial charge in [0.15, 0.2) is 18.1 Å². The summed E-state index contributed by atoms with van der Waals surface area (Å²) in [6.45, 7) is 6.93. The molecule has 0 fully saturated rings. The van der Waals surface area contributed by atoms with Crippen LogP contribution in [-0.2, 0) is 4.79 Å². The minimum Gasteiger partial charge on any atom is -0.493 e. The number of carbonyl (C=O) groups is 1. The van der Waals surface area contributed by atoms with Crippen molar-refractivity contribution in [3.8, 4) is 11.5 Å². The first-order chi connectivity index (χ1) is 13.3. The van der Waals surface area contributed by atoms with Crippen LogP contribution in [0, 0.1) is 10.1 Å². The zero-order valence-corrected chi connectivity index (χ0v) is 16.5. The molecule has 0 aliphatic rings. The minimum absolute atomic E-state index is 0.137. The van der Waals surface area contributed by atoms with Gasteiger partial charge < -0.3 is 19.7 Å². The number of hydrogen-bond donors (Lipinski definition) is 1. The number of benzene rings is 2. The number of amides is 1. The van der Waals surface area contributed by atoms with Gasteiger partial charge in [0, 0.05) is 30.0 Å². The number of ether oxygens (including phenoxy) is 2. The van der Waals surface area contributed by atoms with Crippen molar-refractivity contribution in [2.24, 2.45) is 0 Å². The molecule has 0 aliphatic heterocycles. The van der Waals surface area contributed by atoms with Gasteiger partial charge in [0.1, 0.15) is 0 Å². The second-order valence-corrected chi connectivity index (χ2v) is 6.36. The molecule has 2 aromatic carbocycles. The number of nitro groups is 1. The number of non-ortho nitro benzene ring substituents is 1. The SMILES string of the molecule is CCN(c1ccc(NC(=O)COc2cc([N+](=O)[O-])ccc2OC)cc1)C(C)C. The Bertz CT molecular complexity index is 821. The van der Waals surface area contributed by atoms with Crippen LogP contribution in [0.25, 0.3) is 0 Å². The van der Waals surface area contributed by atoms with E-state index in [0.717, 1.165) is 12.2 Å². The van der Waals surface area contributed by atoms with Gasteiger partial charge in [0.2, 0.25) is 0 Å². The number of anilines is 2. The summed E-state index contributed by atoms with van der Waals surface area (Å²) in [5.74, 6) is 0.0753. The molecule has 0 radical (unpaired) electrons. The van der Waals surface area contributed by atoms with Crippen LogP contribution in [0.1, 0.15) is 20.8 Å². The van der Waals surface area contributed by atoms with Crippen LogP contribution in [0.5, 0.6) is 11.5 Å². The van der Waals surface area contributed by atoms with E-state index in [1.807, 2.05) is 24.3 Å². The molecule has 0 bridgehead atoms. The third kappa shape index (κ3) is 5.35. The molecule has 150 valence electrons. The average molecular weight is 387 g/mol. The van der Waals surface area contributed by atoms with Gasteiger partial charge in [-0.1, -0.05) is 0 Å². The second kappa shape index (κ2) is 9.59. The Kier molecular flexibility index (Phi) is 7.20. The van der Waals surface area contributed by atoms with Crippen molar-refractivity contribution in [1.29, 1.82) is 0 Å². The lowest BCUT2D eigenvalue weighted by atomic mass is 10.2. The highest BCUT2D eigenvalue weighted by Gasteiger charge is 2.14. The first-order valence-electron chi connectivity index (χ1n) is 8.97. The Hall–Kier alpha value is -3.29. The molecular weight excluding hydrogens is 362 g/mol. The largest absolute Gasteiger partial charge is 0.493 e. The summed E-state index contributed by atoms with van der Waals surface area (Å²) in [5, 5.41) is 13.6. The number of nitro benzene ring substituents is 1. The number of nitrogens with zero attached hydrogens (tertiary/aromatic N) is 2. The molecular formula is C20H25N3O5. The standard InChI is InChI=1S/C20H25N3O5/c1-5-22(14(2)3)16-8-6-15(7-9-16)21-20(24)13-28-19-12-17(23(25)26)10-11-18(19)27-4/h6-12,14H,5,13H2,1-4H3,(H,21,24). The van der Waals surface area contributed by atoms with E-state index in [1.54, 1.807) is 0 Å². The summed E-state index contributed by atoms with van der Waals surface area (Å²) in [6.07, 6.45) is 0. The summed E-state index contributed by atoms with van der Waals surface area (Å²) < 4.78 is 10.5. The lowest BCUT2D eigenvalue weighted by Gasteiger charge is -2.27. The van der Waals surface area contributed by atoms with Crippen LogP contribution in [0.4, 0.5) is 17.1 Å². The van der Waals surface area contributed by atoms with Gasteiger partial charge in [0.25, 0.3) is 11.6 Å². The molecule has 2 aromatic rings. The van der Waals surface area contributed by atoms with Crippen molar-refractivity contribution >= 4 is 23.0 Å². The molecule has 1 amide bonds. The van der Waals surface area contributed by atoms with Crippen molar-refractivity contribution in [2.45, 2.75) is 26.8 Å². The summed E-state index contributed by atoms with van der Waals surface area (Å²) in [7, 11) is 1.42. The summed E-state index contributed by atoms with van der Waals surface area (Å²) in [6, 6.07) is 11.9. The number of rotatable bonds is 9. The predicted molar refractivity (Wildman–Crippen MR) is 108 cm³/mol. The maximum atomic E-state index is 12.2. The smallest absolute Gasteiger partial charge is 0.273 e. The number of methoxy groups -OCH3 is 1. The highest BCUT2D eigenvalue weighted by molar-refractivity contribution is 5.92. The van der Waals surface area contributed by atoms with E-state index in [4.69, 9.17) is 9.47 Å².